The molecule has 1 aromatic carbocycles. The number of hydrogen-bond donors (Lipinski definition) is 1. The predicted octanol–water partition coefficient (Wildman–Crippen LogP) is 2.68. The Morgan fingerprint density at radius 3 is 2.59 bits per heavy atom. The molecule has 1 N–H and O–H groups in total. The molecule has 1 saturated carbocycles. The molecule has 5 heteroatoms. The van der Waals surface area contributed by atoms with Crippen LogP contribution in [0.4, 0.5) is 0 Å². The summed E-state index contributed by atoms with van der Waals surface area (Å²) in [5.74, 6) is 0.618. The number of rotatable bonds is 6. The van der Waals surface area contributed by atoms with Crippen LogP contribution in [0.2, 0.25) is 0 Å². The van der Waals surface area contributed by atoms with Crippen LogP contribution in [-0.4, -0.2) is 26.1 Å². The second-order valence-electron chi connectivity index (χ2n) is 5.66. The van der Waals surface area contributed by atoms with Crippen LogP contribution in [-0.2, 0) is 16.1 Å². The normalized spacial score (nSPS) is 14.6. The predicted molar refractivity (Wildman–Crippen MR) is 82.8 cm³/mol. The van der Waals surface area contributed by atoms with Crippen molar-refractivity contribution < 1.29 is 19.1 Å². The number of carbonyl (C=O) groups excluding carboxylic acids is 2. The maximum absolute atomic E-state index is 11.9. The van der Waals surface area contributed by atoms with Crippen LogP contribution in [0.3, 0.4) is 0 Å². The van der Waals surface area contributed by atoms with Crippen LogP contribution in [0, 0.1) is 5.92 Å². The number of esters is 1. The molecule has 0 unspecified atom stereocenters. The van der Waals surface area contributed by atoms with E-state index < -0.39 is 5.97 Å². The van der Waals surface area contributed by atoms with Gasteiger partial charge in [-0.05, 0) is 36.5 Å². The summed E-state index contributed by atoms with van der Waals surface area (Å²) < 4.78 is 9.89. The van der Waals surface area contributed by atoms with Gasteiger partial charge in [0.2, 0.25) is 5.91 Å². The van der Waals surface area contributed by atoms with E-state index in [-0.39, 0.29) is 5.91 Å². The fourth-order valence-corrected chi connectivity index (χ4v) is 2.88. The minimum Gasteiger partial charge on any atom is -0.496 e. The van der Waals surface area contributed by atoms with Crippen molar-refractivity contribution in [3.63, 3.8) is 0 Å². The molecule has 1 aliphatic carbocycles. The van der Waals surface area contributed by atoms with Crippen LogP contribution in [0.15, 0.2) is 18.2 Å². The van der Waals surface area contributed by atoms with Gasteiger partial charge in [0, 0.05) is 13.0 Å². The van der Waals surface area contributed by atoms with Crippen LogP contribution in [0.5, 0.6) is 5.75 Å². The molecule has 0 aliphatic heterocycles. The second kappa shape index (κ2) is 7.82. The topological polar surface area (TPSA) is 64.6 Å². The molecule has 0 heterocycles. The van der Waals surface area contributed by atoms with Crippen LogP contribution in [0.1, 0.15) is 48.0 Å². The zero-order valence-corrected chi connectivity index (χ0v) is 13.2. The minimum absolute atomic E-state index is 0.0716. The lowest BCUT2D eigenvalue weighted by Crippen LogP contribution is -2.24. The molecule has 0 spiro atoms. The van der Waals surface area contributed by atoms with Crippen molar-refractivity contribution in [2.75, 3.05) is 14.2 Å². The van der Waals surface area contributed by atoms with Gasteiger partial charge in [-0.1, -0.05) is 18.9 Å². The molecule has 0 bridgehead atoms. The van der Waals surface area contributed by atoms with Crippen molar-refractivity contribution >= 4 is 11.9 Å². The Morgan fingerprint density at radius 2 is 1.95 bits per heavy atom. The maximum atomic E-state index is 11.9. The summed E-state index contributed by atoms with van der Waals surface area (Å²) >= 11 is 0. The van der Waals surface area contributed by atoms with Crippen molar-refractivity contribution in [2.24, 2.45) is 5.92 Å². The van der Waals surface area contributed by atoms with E-state index in [1.54, 1.807) is 12.1 Å². The average Bonchev–Trinajstić information content (AvgIpc) is 3.04. The second-order valence-corrected chi connectivity index (χ2v) is 5.66. The summed E-state index contributed by atoms with van der Waals surface area (Å²) in [5, 5.41) is 2.92. The standard InChI is InChI=1S/C17H23NO4/c1-21-15-8-7-13(9-14(15)17(20)22-2)11-18-16(19)10-12-5-3-4-6-12/h7-9,12H,3-6,10-11H2,1-2H3,(H,18,19). The molecule has 2 rings (SSSR count). The third-order valence-electron chi connectivity index (χ3n) is 4.11. The van der Waals surface area contributed by atoms with Crippen LogP contribution in [0.25, 0.3) is 0 Å². The van der Waals surface area contributed by atoms with Crippen LogP contribution < -0.4 is 10.1 Å². The lowest BCUT2D eigenvalue weighted by molar-refractivity contribution is -0.122. The Kier molecular flexibility index (Phi) is 5.81. The Bertz CT molecular complexity index is 535. The van der Waals surface area contributed by atoms with E-state index >= 15 is 0 Å². The fraction of sp³-hybridized carbons (Fsp3) is 0.529. The summed E-state index contributed by atoms with van der Waals surface area (Å²) in [5.41, 5.74) is 1.22. The SMILES string of the molecule is COC(=O)c1cc(CNC(=O)CC2CCCC2)ccc1OC. The minimum atomic E-state index is -0.448. The van der Waals surface area contributed by atoms with E-state index in [0.717, 1.165) is 18.4 Å². The Morgan fingerprint density at radius 1 is 1.23 bits per heavy atom. The van der Waals surface area contributed by atoms with Crippen molar-refractivity contribution in [1.82, 2.24) is 5.32 Å². The first kappa shape index (κ1) is 16.3. The largest absolute Gasteiger partial charge is 0.496 e. The molecule has 0 radical (unpaired) electrons. The molecule has 5 nitrogen and oxygen atoms in total. The summed E-state index contributed by atoms with van der Waals surface area (Å²) in [7, 11) is 2.84. The van der Waals surface area contributed by atoms with Gasteiger partial charge in [0.15, 0.2) is 0 Å². The lowest BCUT2D eigenvalue weighted by atomic mass is 10.0. The molecule has 0 atom stereocenters. The average molecular weight is 305 g/mol. The summed E-state index contributed by atoms with van der Waals surface area (Å²) in [4.78, 5) is 23.7. The highest BCUT2D eigenvalue weighted by molar-refractivity contribution is 5.92. The van der Waals surface area contributed by atoms with Crippen LogP contribution >= 0.6 is 0 Å². The molecule has 0 aromatic heterocycles. The number of benzene rings is 1. The smallest absolute Gasteiger partial charge is 0.341 e. The quantitative estimate of drug-likeness (QED) is 0.821. The third kappa shape index (κ3) is 4.23. The fourth-order valence-electron chi connectivity index (χ4n) is 2.88. The summed E-state index contributed by atoms with van der Waals surface area (Å²) in [6.45, 7) is 0.402. The van der Waals surface area contributed by atoms with Gasteiger partial charge in [-0.15, -0.1) is 0 Å². The highest BCUT2D eigenvalue weighted by Gasteiger charge is 2.18. The van der Waals surface area contributed by atoms with E-state index in [1.807, 2.05) is 6.07 Å². The molecule has 1 amide bonds. The zero-order chi connectivity index (χ0) is 15.9. The molecule has 1 aliphatic rings. The van der Waals surface area contributed by atoms with Crippen molar-refractivity contribution in [2.45, 2.75) is 38.6 Å². The van der Waals surface area contributed by atoms with Crippen molar-refractivity contribution in [3.8, 4) is 5.75 Å². The van der Waals surface area contributed by atoms with Gasteiger partial charge in [-0.25, -0.2) is 4.79 Å². The van der Waals surface area contributed by atoms with Crippen molar-refractivity contribution in [3.05, 3.63) is 29.3 Å². The third-order valence-corrected chi connectivity index (χ3v) is 4.11. The first-order chi connectivity index (χ1) is 10.6. The highest BCUT2D eigenvalue weighted by Crippen LogP contribution is 2.27. The summed E-state index contributed by atoms with van der Waals surface area (Å²) in [6, 6.07) is 5.24. The van der Waals surface area contributed by atoms with Crippen molar-refractivity contribution in [1.29, 1.82) is 0 Å². The maximum Gasteiger partial charge on any atom is 0.341 e. The molecule has 22 heavy (non-hydrogen) atoms. The molecule has 1 aromatic rings. The number of hydrogen-bond acceptors (Lipinski definition) is 4. The van der Waals surface area contributed by atoms with Gasteiger partial charge in [0.25, 0.3) is 0 Å². The number of carbonyl (C=O) groups is 2. The van der Waals surface area contributed by atoms with Gasteiger partial charge in [0.05, 0.1) is 14.2 Å². The Balaban J connectivity index is 1.94. The van der Waals surface area contributed by atoms with E-state index in [4.69, 9.17) is 9.47 Å². The first-order valence-corrected chi connectivity index (χ1v) is 7.66. The Labute approximate surface area is 131 Å². The summed E-state index contributed by atoms with van der Waals surface area (Å²) in [6.07, 6.45) is 5.38. The van der Waals surface area contributed by atoms with E-state index in [1.165, 1.54) is 27.1 Å². The van der Waals surface area contributed by atoms with E-state index in [2.05, 4.69) is 5.32 Å². The van der Waals surface area contributed by atoms with Gasteiger partial charge >= 0.3 is 5.97 Å². The molecular weight excluding hydrogens is 282 g/mol. The van der Waals surface area contributed by atoms with Gasteiger partial charge in [-0.2, -0.15) is 0 Å². The Hall–Kier alpha value is -2.04. The van der Waals surface area contributed by atoms with Gasteiger partial charge in [0.1, 0.15) is 11.3 Å². The molecular formula is C17H23NO4. The lowest BCUT2D eigenvalue weighted by Gasteiger charge is -2.11. The molecule has 1 fully saturated rings. The van der Waals surface area contributed by atoms with E-state index in [9.17, 15) is 9.59 Å². The number of methoxy groups -OCH3 is 2. The molecule has 0 saturated heterocycles. The highest BCUT2D eigenvalue weighted by atomic mass is 16.5. The number of amides is 1. The zero-order valence-electron chi connectivity index (χ0n) is 13.2. The van der Waals surface area contributed by atoms with Gasteiger partial charge in [-0.3, -0.25) is 4.79 Å². The first-order valence-electron chi connectivity index (χ1n) is 7.66. The monoisotopic (exact) mass is 305 g/mol. The number of nitrogens with one attached hydrogen (secondary N) is 1. The van der Waals surface area contributed by atoms with E-state index in [0.29, 0.717) is 30.2 Å². The van der Waals surface area contributed by atoms with Gasteiger partial charge < -0.3 is 14.8 Å². The number of ether oxygens (including phenoxy) is 2. The molecule has 120 valence electrons.